The van der Waals surface area contributed by atoms with Crippen LogP contribution in [-0.4, -0.2) is 18.3 Å². The van der Waals surface area contributed by atoms with Crippen LogP contribution in [0.4, 0.5) is 0 Å². The highest BCUT2D eigenvalue weighted by Gasteiger charge is 2.20. The fourth-order valence-corrected chi connectivity index (χ4v) is 12.0. The van der Waals surface area contributed by atoms with Crippen molar-refractivity contribution in [1.82, 2.24) is 18.3 Å². The first-order valence-electron chi connectivity index (χ1n) is 24.9. The van der Waals surface area contributed by atoms with Crippen molar-refractivity contribution in [2.75, 3.05) is 0 Å². The molecule has 0 saturated carbocycles. The number of nitrogens with zero attached hydrogens (tertiary/aromatic N) is 6. The van der Waals surface area contributed by atoms with Gasteiger partial charge in [0.1, 0.15) is 0 Å². The number of rotatable bonds is 6. The van der Waals surface area contributed by atoms with E-state index in [2.05, 4.69) is 261 Å². The van der Waals surface area contributed by atoms with Crippen molar-refractivity contribution in [3.05, 3.63) is 254 Å². The summed E-state index contributed by atoms with van der Waals surface area (Å²) in [6.45, 7) is 0. The monoisotopic (exact) mass is 940 g/mol. The number of aromatic nitrogens is 4. The zero-order chi connectivity index (χ0) is 49.0. The Bertz CT molecular complexity index is 4490. The molecule has 0 bridgehead atoms. The van der Waals surface area contributed by atoms with E-state index in [1.807, 2.05) is 12.1 Å². The largest absolute Gasteiger partial charge is 0.309 e. The minimum Gasteiger partial charge on any atom is -0.309 e. The Morgan fingerprint density at radius 3 is 0.770 bits per heavy atom. The van der Waals surface area contributed by atoms with Crippen molar-refractivity contribution in [2.45, 2.75) is 0 Å². The second kappa shape index (κ2) is 16.1. The molecule has 0 radical (unpaired) electrons. The van der Waals surface area contributed by atoms with Gasteiger partial charge in [-0.3, -0.25) is 0 Å². The molecule has 0 fully saturated rings. The summed E-state index contributed by atoms with van der Waals surface area (Å²) in [6, 6.07) is 90.5. The molecule has 0 atom stereocenters. The molecule has 0 aliphatic heterocycles. The van der Waals surface area contributed by atoms with Gasteiger partial charge in [-0.2, -0.15) is 10.5 Å². The minimum atomic E-state index is 0.506. The third-order valence-electron chi connectivity index (χ3n) is 15.3. The van der Waals surface area contributed by atoms with E-state index in [4.69, 9.17) is 0 Å². The molecule has 0 saturated heterocycles. The molecular weight excluding hydrogens is 901 g/mol. The van der Waals surface area contributed by atoms with Gasteiger partial charge in [-0.05, 0) is 120 Å². The predicted molar refractivity (Wildman–Crippen MR) is 304 cm³/mol. The van der Waals surface area contributed by atoms with Crippen LogP contribution in [0.15, 0.2) is 243 Å². The Balaban J connectivity index is 0.776. The summed E-state index contributed by atoms with van der Waals surface area (Å²) < 4.78 is 9.35. The third-order valence-corrected chi connectivity index (χ3v) is 15.3. The normalized spacial score (nSPS) is 11.8. The fourth-order valence-electron chi connectivity index (χ4n) is 12.0. The van der Waals surface area contributed by atoms with Crippen molar-refractivity contribution < 1.29 is 0 Å². The van der Waals surface area contributed by atoms with E-state index >= 15 is 0 Å². The first kappa shape index (κ1) is 41.4. The van der Waals surface area contributed by atoms with Crippen LogP contribution in [0.3, 0.4) is 0 Å². The average molecular weight is 941 g/mol. The summed E-state index contributed by atoms with van der Waals surface area (Å²) in [6.07, 6.45) is 0. The van der Waals surface area contributed by atoms with Crippen LogP contribution in [0.5, 0.6) is 0 Å². The Kier molecular flexibility index (Phi) is 8.99. The molecule has 0 unspecified atom stereocenters. The zero-order valence-corrected chi connectivity index (χ0v) is 39.8. The lowest BCUT2D eigenvalue weighted by Gasteiger charge is -2.14. The number of fused-ring (bicyclic) bond motifs is 12. The quantitative estimate of drug-likeness (QED) is 0.167. The van der Waals surface area contributed by atoms with Gasteiger partial charge in [0, 0.05) is 77.0 Å². The van der Waals surface area contributed by atoms with E-state index in [0.717, 1.165) is 67.1 Å². The molecule has 4 heterocycles. The molecule has 6 heteroatoms. The Hall–Kier alpha value is -10.4. The van der Waals surface area contributed by atoms with Gasteiger partial charge in [0.25, 0.3) is 0 Å². The second-order valence-electron chi connectivity index (χ2n) is 19.1. The first-order chi connectivity index (χ1) is 36.6. The van der Waals surface area contributed by atoms with Crippen LogP contribution in [0.25, 0.3) is 132 Å². The van der Waals surface area contributed by atoms with Gasteiger partial charge in [-0.15, -0.1) is 0 Å². The van der Waals surface area contributed by atoms with E-state index in [1.165, 1.54) is 65.2 Å². The number of hydrogen-bond donors (Lipinski definition) is 0. The lowest BCUT2D eigenvalue weighted by molar-refractivity contribution is 1.16. The molecule has 15 aromatic rings. The fraction of sp³-hybridized carbons (Fsp3) is 0. The summed E-state index contributed by atoms with van der Waals surface area (Å²) in [4.78, 5) is 0. The van der Waals surface area contributed by atoms with Gasteiger partial charge in [0.2, 0.25) is 0 Å². The summed E-state index contributed by atoms with van der Waals surface area (Å²) in [5.74, 6) is 0. The summed E-state index contributed by atoms with van der Waals surface area (Å²) in [5, 5.41) is 31.0. The van der Waals surface area contributed by atoms with E-state index in [1.54, 1.807) is 0 Å². The van der Waals surface area contributed by atoms with E-state index in [-0.39, 0.29) is 0 Å². The van der Waals surface area contributed by atoms with Gasteiger partial charge in [-0.25, -0.2) is 0 Å². The molecule has 6 nitrogen and oxygen atoms in total. The molecule has 342 valence electrons. The van der Waals surface area contributed by atoms with Crippen molar-refractivity contribution in [1.29, 1.82) is 10.5 Å². The number of nitriles is 2. The van der Waals surface area contributed by atoms with Crippen molar-refractivity contribution >= 4 is 87.2 Å². The molecule has 0 aliphatic rings. The smallest absolute Gasteiger partial charge is 0.0998 e. The van der Waals surface area contributed by atoms with Crippen LogP contribution in [0.2, 0.25) is 0 Å². The highest BCUT2D eigenvalue weighted by Crippen LogP contribution is 2.41. The Labute approximate surface area is 424 Å². The van der Waals surface area contributed by atoms with Gasteiger partial charge in [0.05, 0.1) is 67.4 Å². The maximum atomic E-state index is 10.7. The highest BCUT2D eigenvalue weighted by atomic mass is 15.0. The Morgan fingerprint density at radius 2 is 0.473 bits per heavy atom. The van der Waals surface area contributed by atoms with E-state index in [9.17, 15) is 10.5 Å². The van der Waals surface area contributed by atoms with Crippen LogP contribution in [0, 0.1) is 22.7 Å². The topological polar surface area (TPSA) is 67.3 Å². The SMILES string of the molecule is N#Cc1cc(-c2ccc(-n3c4ccccc4c4cc(-n5c6ccccc6c6ccccc65)ccc43)cc2)c(C#N)cc1-c1ccc(-n2c3ccccc3c3cc(-n4c5ccccc5c5ccccc54)ccc32)cc1. The van der Waals surface area contributed by atoms with Gasteiger partial charge < -0.3 is 18.3 Å². The van der Waals surface area contributed by atoms with Crippen LogP contribution >= 0.6 is 0 Å². The maximum Gasteiger partial charge on any atom is 0.0998 e. The average Bonchev–Trinajstić information content (AvgIpc) is 4.20. The van der Waals surface area contributed by atoms with Crippen LogP contribution < -0.4 is 0 Å². The minimum absolute atomic E-state index is 0.506. The van der Waals surface area contributed by atoms with Gasteiger partial charge in [0.15, 0.2) is 0 Å². The molecule has 0 aliphatic carbocycles. The van der Waals surface area contributed by atoms with E-state index < -0.39 is 0 Å². The molecular formula is C68H40N6. The third kappa shape index (κ3) is 6.04. The standard InChI is InChI=1S/C68H40N6/c69-41-45-38-58(44-27-31-48(32-28-44)72-66-24-12-6-18-56(66)60-40-50(34-36-68(60)72)74-63-21-9-3-15-53(63)54-16-4-10-22-64(54)74)46(42-70)37-57(45)43-25-29-47(30-26-43)71-65-23-11-5-17-55(65)59-39-49(33-35-67(59)71)73-61-19-7-1-13-51(61)52-14-2-8-20-62(52)73/h1-40H. The number of para-hydroxylation sites is 6. The van der Waals surface area contributed by atoms with Crippen LogP contribution in [-0.2, 0) is 0 Å². The van der Waals surface area contributed by atoms with Gasteiger partial charge >= 0.3 is 0 Å². The summed E-state index contributed by atoms with van der Waals surface area (Å²) >= 11 is 0. The molecule has 0 N–H and O–H groups in total. The second-order valence-corrected chi connectivity index (χ2v) is 19.1. The predicted octanol–water partition coefficient (Wildman–Crippen LogP) is 17.2. The van der Waals surface area contributed by atoms with Crippen molar-refractivity contribution in [3.8, 4) is 57.1 Å². The molecule has 0 amide bonds. The van der Waals surface area contributed by atoms with E-state index in [0.29, 0.717) is 11.1 Å². The van der Waals surface area contributed by atoms with Gasteiger partial charge in [-0.1, -0.05) is 133 Å². The number of benzene rings is 11. The molecule has 4 aromatic heterocycles. The first-order valence-corrected chi connectivity index (χ1v) is 24.9. The molecule has 74 heavy (non-hydrogen) atoms. The highest BCUT2D eigenvalue weighted by molar-refractivity contribution is 6.14. The summed E-state index contributed by atoms with van der Waals surface area (Å²) in [5.41, 5.74) is 17.6. The van der Waals surface area contributed by atoms with Crippen LogP contribution in [0.1, 0.15) is 11.1 Å². The molecule has 15 rings (SSSR count). The van der Waals surface area contributed by atoms with Crippen molar-refractivity contribution in [3.63, 3.8) is 0 Å². The molecule has 0 spiro atoms. The maximum absolute atomic E-state index is 10.7. The van der Waals surface area contributed by atoms with Crippen molar-refractivity contribution in [2.24, 2.45) is 0 Å². The molecule has 11 aromatic carbocycles. The zero-order valence-electron chi connectivity index (χ0n) is 39.8. The lowest BCUT2D eigenvalue weighted by Crippen LogP contribution is -1.97. The lowest BCUT2D eigenvalue weighted by atomic mass is 9.91. The number of hydrogen-bond acceptors (Lipinski definition) is 2. The Morgan fingerprint density at radius 1 is 0.230 bits per heavy atom. The summed E-state index contributed by atoms with van der Waals surface area (Å²) in [7, 11) is 0.